The number of hydrogen-bond acceptors (Lipinski definition) is 6. The zero-order valence-corrected chi connectivity index (χ0v) is 17.0. The molecule has 0 unspecified atom stereocenters. The Labute approximate surface area is 171 Å². The lowest BCUT2D eigenvalue weighted by Crippen LogP contribution is -2.11. The SMILES string of the molecule is CCOC(=O)/C(=C\C(=C\N(C)C)c1ccccn1)c1ccccc1C1OCCO1. The summed E-state index contributed by atoms with van der Waals surface area (Å²) in [6.45, 7) is 3.12. The number of benzene rings is 1. The minimum Gasteiger partial charge on any atom is -0.462 e. The van der Waals surface area contributed by atoms with Crippen LogP contribution in [-0.4, -0.2) is 49.8 Å². The van der Waals surface area contributed by atoms with Crippen LogP contribution in [0.15, 0.2) is 60.9 Å². The summed E-state index contributed by atoms with van der Waals surface area (Å²) >= 11 is 0. The first-order valence-corrected chi connectivity index (χ1v) is 9.61. The van der Waals surface area contributed by atoms with Crippen LogP contribution >= 0.6 is 0 Å². The van der Waals surface area contributed by atoms with Crippen molar-refractivity contribution in [1.82, 2.24) is 9.88 Å². The molecule has 0 N–H and O–H groups in total. The van der Waals surface area contributed by atoms with Crippen molar-refractivity contribution in [2.24, 2.45) is 0 Å². The summed E-state index contributed by atoms with van der Waals surface area (Å²) < 4.78 is 16.7. The summed E-state index contributed by atoms with van der Waals surface area (Å²) in [6, 6.07) is 13.3. The predicted molar refractivity (Wildman–Crippen MR) is 112 cm³/mol. The highest BCUT2D eigenvalue weighted by atomic mass is 16.7. The summed E-state index contributed by atoms with van der Waals surface area (Å²) in [5.41, 5.74) is 3.50. The fraction of sp³-hybridized carbons (Fsp3) is 0.304. The average molecular weight is 394 g/mol. The highest BCUT2D eigenvalue weighted by molar-refractivity contribution is 6.19. The average Bonchev–Trinajstić information content (AvgIpc) is 3.26. The van der Waals surface area contributed by atoms with E-state index in [1.54, 1.807) is 13.1 Å². The van der Waals surface area contributed by atoms with Crippen molar-refractivity contribution in [1.29, 1.82) is 0 Å². The third-order valence-electron chi connectivity index (χ3n) is 4.28. The summed E-state index contributed by atoms with van der Waals surface area (Å²) in [6.07, 6.45) is 4.96. The Balaban J connectivity index is 2.14. The first-order valence-electron chi connectivity index (χ1n) is 9.61. The molecule has 1 aliphatic rings. The lowest BCUT2D eigenvalue weighted by Gasteiger charge is -2.17. The maximum Gasteiger partial charge on any atom is 0.338 e. The zero-order chi connectivity index (χ0) is 20.6. The van der Waals surface area contributed by atoms with E-state index in [4.69, 9.17) is 14.2 Å². The number of aromatic nitrogens is 1. The molecule has 29 heavy (non-hydrogen) atoms. The maximum atomic E-state index is 12.9. The molecule has 0 bridgehead atoms. The maximum absolute atomic E-state index is 12.9. The third-order valence-corrected chi connectivity index (χ3v) is 4.28. The molecule has 152 valence electrons. The largest absolute Gasteiger partial charge is 0.462 e. The van der Waals surface area contributed by atoms with E-state index >= 15 is 0 Å². The molecule has 2 heterocycles. The molecule has 1 aliphatic heterocycles. The minimum atomic E-state index is -0.500. The van der Waals surface area contributed by atoms with Crippen molar-refractivity contribution in [3.63, 3.8) is 0 Å². The van der Waals surface area contributed by atoms with Crippen molar-refractivity contribution < 1.29 is 19.0 Å². The molecule has 0 atom stereocenters. The predicted octanol–water partition coefficient (Wildman–Crippen LogP) is 3.68. The fourth-order valence-electron chi connectivity index (χ4n) is 3.09. The van der Waals surface area contributed by atoms with Crippen LogP contribution in [-0.2, 0) is 19.0 Å². The molecular weight excluding hydrogens is 368 g/mol. The van der Waals surface area contributed by atoms with Gasteiger partial charge in [-0.05, 0) is 30.7 Å². The van der Waals surface area contributed by atoms with Crippen LogP contribution in [0.2, 0.25) is 0 Å². The van der Waals surface area contributed by atoms with Crippen LogP contribution in [0.4, 0.5) is 0 Å². The number of allylic oxidation sites excluding steroid dienone is 2. The lowest BCUT2D eigenvalue weighted by atomic mass is 9.96. The van der Waals surface area contributed by atoms with Crippen LogP contribution in [0.25, 0.3) is 11.1 Å². The van der Waals surface area contributed by atoms with E-state index in [1.807, 2.05) is 73.7 Å². The van der Waals surface area contributed by atoms with Gasteiger partial charge in [-0.25, -0.2) is 4.79 Å². The Bertz CT molecular complexity index is 885. The van der Waals surface area contributed by atoms with E-state index in [2.05, 4.69) is 4.98 Å². The second kappa shape index (κ2) is 10.0. The van der Waals surface area contributed by atoms with Gasteiger partial charge in [0.1, 0.15) is 0 Å². The molecule has 0 amide bonds. The first-order chi connectivity index (χ1) is 14.1. The van der Waals surface area contributed by atoms with Crippen LogP contribution in [0.5, 0.6) is 0 Å². The van der Waals surface area contributed by atoms with Crippen molar-refractivity contribution in [2.75, 3.05) is 33.9 Å². The van der Waals surface area contributed by atoms with Crippen molar-refractivity contribution in [3.05, 3.63) is 77.8 Å². The Morgan fingerprint density at radius 1 is 1.17 bits per heavy atom. The standard InChI is InChI=1S/C23H26N2O4/c1-4-27-22(26)20(15-17(16-25(2)3)21-11-7-8-12-24-21)18-9-5-6-10-19(18)23-28-13-14-29-23/h5-12,15-16,23H,4,13-14H2,1-3H3/b17-16-,20-15-. The molecular formula is C23H26N2O4. The number of ether oxygens (including phenoxy) is 3. The number of hydrogen-bond donors (Lipinski definition) is 0. The van der Waals surface area contributed by atoms with Crippen LogP contribution in [0.1, 0.15) is 30.0 Å². The molecule has 3 rings (SSSR count). The zero-order valence-electron chi connectivity index (χ0n) is 17.0. The number of pyridine rings is 1. The van der Waals surface area contributed by atoms with Gasteiger partial charge in [-0.15, -0.1) is 0 Å². The minimum absolute atomic E-state index is 0.283. The molecule has 1 saturated heterocycles. The Kier molecular flexibility index (Phi) is 7.16. The van der Waals surface area contributed by atoms with Gasteiger partial charge in [0.15, 0.2) is 6.29 Å². The van der Waals surface area contributed by atoms with Crippen molar-refractivity contribution in [2.45, 2.75) is 13.2 Å². The number of esters is 1. The van der Waals surface area contributed by atoms with Crippen LogP contribution in [0.3, 0.4) is 0 Å². The van der Waals surface area contributed by atoms with Crippen LogP contribution < -0.4 is 0 Å². The quantitative estimate of drug-likeness (QED) is 0.406. The molecule has 0 spiro atoms. The van der Waals surface area contributed by atoms with Gasteiger partial charge in [0.25, 0.3) is 0 Å². The molecule has 2 aromatic rings. The van der Waals surface area contributed by atoms with Gasteiger partial charge in [0, 0.05) is 37.6 Å². The normalized spacial score (nSPS) is 15.4. The Hall–Kier alpha value is -2.96. The van der Waals surface area contributed by atoms with Gasteiger partial charge in [-0.3, -0.25) is 4.98 Å². The van der Waals surface area contributed by atoms with Crippen molar-refractivity contribution in [3.8, 4) is 0 Å². The second-order valence-electron chi connectivity index (χ2n) is 6.70. The van der Waals surface area contributed by atoms with Gasteiger partial charge in [0.05, 0.1) is 31.1 Å². The summed E-state index contributed by atoms with van der Waals surface area (Å²) in [5, 5.41) is 0. The summed E-state index contributed by atoms with van der Waals surface area (Å²) in [5.74, 6) is -0.404. The molecule has 6 heteroatoms. The van der Waals surface area contributed by atoms with Gasteiger partial charge < -0.3 is 19.1 Å². The smallest absolute Gasteiger partial charge is 0.338 e. The summed E-state index contributed by atoms with van der Waals surface area (Å²) in [4.78, 5) is 19.3. The van der Waals surface area contributed by atoms with E-state index in [0.29, 0.717) is 18.8 Å². The van der Waals surface area contributed by atoms with E-state index in [-0.39, 0.29) is 6.61 Å². The molecule has 1 aromatic carbocycles. The molecule has 6 nitrogen and oxygen atoms in total. The number of carbonyl (C=O) groups is 1. The van der Waals surface area contributed by atoms with E-state index in [9.17, 15) is 4.79 Å². The van der Waals surface area contributed by atoms with Gasteiger partial charge >= 0.3 is 5.97 Å². The number of carbonyl (C=O) groups excluding carboxylic acids is 1. The van der Waals surface area contributed by atoms with E-state index in [1.165, 1.54) is 0 Å². The van der Waals surface area contributed by atoms with Gasteiger partial charge in [-0.1, -0.05) is 30.3 Å². The first kappa shape index (κ1) is 20.8. The Morgan fingerprint density at radius 2 is 1.90 bits per heavy atom. The third kappa shape index (κ3) is 5.31. The van der Waals surface area contributed by atoms with Gasteiger partial charge in [-0.2, -0.15) is 0 Å². The van der Waals surface area contributed by atoms with E-state index < -0.39 is 12.3 Å². The topological polar surface area (TPSA) is 60.9 Å². The molecule has 0 radical (unpaired) electrons. The Morgan fingerprint density at radius 3 is 2.55 bits per heavy atom. The molecule has 0 aliphatic carbocycles. The molecule has 1 aromatic heterocycles. The molecule has 0 saturated carbocycles. The summed E-state index contributed by atoms with van der Waals surface area (Å²) in [7, 11) is 3.85. The van der Waals surface area contributed by atoms with E-state index in [0.717, 1.165) is 22.4 Å². The fourth-order valence-corrected chi connectivity index (χ4v) is 3.09. The number of nitrogens with zero attached hydrogens (tertiary/aromatic N) is 2. The highest BCUT2D eigenvalue weighted by Crippen LogP contribution is 2.32. The van der Waals surface area contributed by atoms with Crippen molar-refractivity contribution >= 4 is 17.1 Å². The van der Waals surface area contributed by atoms with Crippen LogP contribution in [0, 0.1) is 0 Å². The second-order valence-corrected chi connectivity index (χ2v) is 6.70. The molecule has 1 fully saturated rings. The van der Waals surface area contributed by atoms with Gasteiger partial charge in [0.2, 0.25) is 0 Å². The lowest BCUT2D eigenvalue weighted by molar-refractivity contribution is -0.136. The highest BCUT2D eigenvalue weighted by Gasteiger charge is 2.25. The number of rotatable bonds is 7. The monoisotopic (exact) mass is 394 g/mol.